The van der Waals surface area contributed by atoms with Crippen molar-refractivity contribution in [3.8, 4) is 0 Å². The van der Waals surface area contributed by atoms with Crippen molar-refractivity contribution in [2.24, 2.45) is 0 Å². The quantitative estimate of drug-likeness (QED) is 0.0768. The number of carboxylic acids is 2. The van der Waals surface area contributed by atoms with Crippen LogP contribution in [0.2, 0.25) is 0 Å². The summed E-state index contributed by atoms with van der Waals surface area (Å²) in [7, 11) is 0. The summed E-state index contributed by atoms with van der Waals surface area (Å²) in [4.78, 5) is 32.4. The van der Waals surface area contributed by atoms with E-state index in [-0.39, 0.29) is 32.6 Å². The highest BCUT2D eigenvalue weighted by molar-refractivity contribution is 5.78. The van der Waals surface area contributed by atoms with Crippen LogP contribution in [0.3, 0.4) is 0 Å². The van der Waals surface area contributed by atoms with E-state index in [2.05, 4.69) is 34.1 Å². The zero-order chi connectivity index (χ0) is 48.9. The minimum Gasteiger partial charge on any atom is -0.480 e. The van der Waals surface area contributed by atoms with E-state index < -0.39 is 30.1 Å². The number of hydrogen-bond acceptors (Lipinski definition) is 8. The van der Waals surface area contributed by atoms with Gasteiger partial charge in [0.15, 0.2) is 0 Å². The zero-order valence-corrected chi connectivity index (χ0v) is 39.3. The van der Waals surface area contributed by atoms with Crippen LogP contribution in [0.15, 0.2) is 182 Å². The van der Waals surface area contributed by atoms with Gasteiger partial charge in [0.1, 0.15) is 35.9 Å². The first-order valence-corrected chi connectivity index (χ1v) is 23.9. The molecule has 2 aliphatic rings. The van der Waals surface area contributed by atoms with E-state index in [1.165, 1.54) is 24.3 Å². The average molecular weight is 981 g/mol. The molecule has 6 aromatic rings. The highest BCUT2D eigenvalue weighted by Gasteiger charge is 2.29. The number of aliphatic carboxylic acids is 2. The van der Waals surface area contributed by atoms with E-state index in [0.717, 1.165) is 79.2 Å². The van der Waals surface area contributed by atoms with Crippen molar-refractivity contribution < 1.29 is 38.1 Å². The average Bonchev–Trinajstić information content (AvgIpc) is 3.39. The summed E-state index contributed by atoms with van der Waals surface area (Å²) in [5, 5.41) is 19.5. The molecule has 0 spiro atoms. The normalized spacial score (nSPS) is 15.6. The molecule has 0 bridgehead atoms. The van der Waals surface area contributed by atoms with Gasteiger partial charge in [-0.2, -0.15) is 0 Å². The maximum atomic E-state index is 13.4. The van der Waals surface area contributed by atoms with E-state index in [0.29, 0.717) is 32.8 Å². The molecular formula is C60H70F2N4O6. The molecule has 12 heteroatoms. The predicted molar refractivity (Wildman–Crippen MR) is 285 cm³/mol. The van der Waals surface area contributed by atoms with Gasteiger partial charge in [0.2, 0.25) is 0 Å². The molecule has 0 amide bonds. The number of rotatable bonds is 20. The summed E-state index contributed by atoms with van der Waals surface area (Å²) in [6, 6.07) is 51.1. The van der Waals surface area contributed by atoms with Crippen molar-refractivity contribution in [1.29, 1.82) is 0 Å². The van der Waals surface area contributed by atoms with Crippen LogP contribution in [0.25, 0.3) is 12.2 Å². The van der Waals surface area contributed by atoms with Gasteiger partial charge < -0.3 is 19.7 Å². The van der Waals surface area contributed by atoms with E-state index in [4.69, 9.17) is 9.47 Å². The van der Waals surface area contributed by atoms with Crippen molar-refractivity contribution in [1.82, 2.24) is 19.6 Å². The fourth-order valence-corrected chi connectivity index (χ4v) is 8.68. The van der Waals surface area contributed by atoms with Gasteiger partial charge in [-0.25, -0.2) is 8.78 Å². The lowest BCUT2D eigenvalue weighted by Gasteiger charge is -2.37. The van der Waals surface area contributed by atoms with Gasteiger partial charge in [0.05, 0.1) is 13.2 Å². The molecule has 0 radical (unpaired) electrons. The predicted octanol–water partition coefficient (Wildman–Crippen LogP) is 10.7. The topological polar surface area (TPSA) is 106 Å². The van der Waals surface area contributed by atoms with Crippen LogP contribution in [0.1, 0.15) is 60.4 Å². The standard InChI is InChI=1S/C29H30F2N2O3.C29H32N2O3.2CH4/c30-25-11-7-23(8-12-25)28(24-9-13-26(31)14-10-24)36-21-20-32-16-18-33(19-17-32)27(29(34)35)15-6-22-4-2-1-3-5-22;32-29(33)27(17-16-24-10-4-1-5-11-24)31-20-18-30(19-21-31)22-23-34-28(25-12-6-2-7-13-25)26-14-8-3-9-15-26;;/h1-15,27-28H,16-21H2,(H,34,35);1-17,27-28H,18-23H2,(H,32,33);2*1H4/b15-6+;17-16+;;. The second-order valence-corrected chi connectivity index (χ2v) is 17.3. The van der Waals surface area contributed by atoms with Gasteiger partial charge in [-0.15, -0.1) is 0 Å². The highest BCUT2D eigenvalue weighted by atomic mass is 19.1. The zero-order valence-electron chi connectivity index (χ0n) is 39.3. The van der Waals surface area contributed by atoms with Gasteiger partial charge in [0.25, 0.3) is 0 Å². The third kappa shape index (κ3) is 17.3. The fraction of sp³-hybridized carbons (Fsp3) is 0.300. The molecule has 2 saturated heterocycles. The first-order valence-electron chi connectivity index (χ1n) is 23.9. The molecule has 2 aliphatic heterocycles. The van der Waals surface area contributed by atoms with Crippen LogP contribution in [-0.2, 0) is 19.1 Å². The molecule has 2 unspecified atom stereocenters. The third-order valence-corrected chi connectivity index (χ3v) is 12.6. The largest absolute Gasteiger partial charge is 0.480 e. The van der Waals surface area contributed by atoms with Crippen LogP contribution in [0.5, 0.6) is 0 Å². The number of carboxylic acid groups (broad SMARTS) is 2. The van der Waals surface area contributed by atoms with Gasteiger partial charge in [0, 0.05) is 65.4 Å². The molecule has 2 heterocycles. The summed E-state index contributed by atoms with van der Waals surface area (Å²) in [6.07, 6.45) is 6.75. The molecule has 8 rings (SSSR count). The van der Waals surface area contributed by atoms with Gasteiger partial charge >= 0.3 is 11.9 Å². The summed E-state index contributed by atoms with van der Waals surface area (Å²) in [5.41, 5.74) is 5.86. The number of halogens is 2. The van der Waals surface area contributed by atoms with Crippen LogP contribution < -0.4 is 0 Å². The Labute approximate surface area is 425 Å². The number of benzene rings is 6. The second kappa shape index (κ2) is 29.6. The molecule has 380 valence electrons. The highest BCUT2D eigenvalue weighted by Crippen LogP contribution is 2.28. The number of hydrogen-bond donors (Lipinski definition) is 2. The van der Waals surface area contributed by atoms with Crippen molar-refractivity contribution >= 4 is 24.1 Å². The van der Waals surface area contributed by atoms with Crippen molar-refractivity contribution in [3.63, 3.8) is 0 Å². The molecule has 6 aromatic carbocycles. The second-order valence-electron chi connectivity index (χ2n) is 17.3. The molecule has 72 heavy (non-hydrogen) atoms. The minimum atomic E-state index is -0.861. The van der Waals surface area contributed by atoms with Gasteiger partial charge in [-0.1, -0.05) is 185 Å². The van der Waals surface area contributed by atoms with Crippen LogP contribution in [0, 0.1) is 11.6 Å². The first-order chi connectivity index (χ1) is 34.2. The van der Waals surface area contributed by atoms with Crippen LogP contribution in [0.4, 0.5) is 8.78 Å². The Morgan fingerprint density at radius 3 is 1.04 bits per heavy atom. The molecular weight excluding hydrogens is 911 g/mol. The number of carbonyl (C=O) groups is 2. The lowest BCUT2D eigenvalue weighted by molar-refractivity contribution is -0.143. The summed E-state index contributed by atoms with van der Waals surface area (Å²) < 4.78 is 39.4. The van der Waals surface area contributed by atoms with E-state index in [9.17, 15) is 28.6 Å². The molecule has 0 aliphatic carbocycles. The Balaban J connectivity index is 0.000000261. The Morgan fingerprint density at radius 1 is 0.444 bits per heavy atom. The molecule has 0 aromatic heterocycles. The van der Waals surface area contributed by atoms with Crippen molar-refractivity contribution in [2.45, 2.75) is 39.1 Å². The van der Waals surface area contributed by atoms with Crippen molar-refractivity contribution in [2.75, 3.05) is 78.7 Å². The maximum absolute atomic E-state index is 13.4. The van der Waals surface area contributed by atoms with Gasteiger partial charge in [-0.3, -0.25) is 29.2 Å². The van der Waals surface area contributed by atoms with Crippen LogP contribution >= 0.6 is 0 Å². The molecule has 0 saturated carbocycles. The van der Waals surface area contributed by atoms with E-state index in [1.54, 1.807) is 36.4 Å². The van der Waals surface area contributed by atoms with Crippen LogP contribution in [-0.4, -0.2) is 132 Å². The monoisotopic (exact) mass is 981 g/mol. The first kappa shape index (κ1) is 56.3. The minimum absolute atomic E-state index is 0. The number of ether oxygens (including phenoxy) is 2. The fourth-order valence-electron chi connectivity index (χ4n) is 8.68. The molecule has 2 fully saturated rings. The Morgan fingerprint density at radius 2 is 0.736 bits per heavy atom. The molecule has 10 nitrogen and oxygen atoms in total. The Hall–Kier alpha value is -6.64. The smallest absolute Gasteiger partial charge is 0.324 e. The lowest BCUT2D eigenvalue weighted by atomic mass is 10.0. The maximum Gasteiger partial charge on any atom is 0.324 e. The number of nitrogens with zero attached hydrogens (tertiary/aromatic N) is 4. The summed E-state index contributed by atoms with van der Waals surface area (Å²) >= 11 is 0. The SMILES string of the molecule is C.C.O=C(O)C(/C=C/c1ccccc1)N1CCN(CCOC(c2ccc(F)cc2)c2ccc(F)cc2)CC1.O=C(O)C(/C=C/c1ccccc1)N1CCN(CCOC(c2ccccc2)c2ccccc2)CC1. The number of piperazine rings is 2. The van der Waals surface area contributed by atoms with E-state index >= 15 is 0 Å². The van der Waals surface area contributed by atoms with E-state index in [1.807, 2.05) is 119 Å². The molecule has 2 atom stereocenters. The third-order valence-electron chi connectivity index (χ3n) is 12.6. The summed E-state index contributed by atoms with van der Waals surface area (Å²) in [5.74, 6) is -2.32. The lowest BCUT2D eigenvalue weighted by Crippen LogP contribution is -2.52. The molecule has 2 N–H and O–H groups in total. The van der Waals surface area contributed by atoms with Gasteiger partial charge in [-0.05, 0) is 57.6 Å². The summed E-state index contributed by atoms with van der Waals surface area (Å²) in [6.45, 7) is 8.35. The Bertz CT molecular complexity index is 2440. The van der Waals surface area contributed by atoms with Crippen molar-refractivity contribution in [3.05, 3.63) is 227 Å². The Kier molecular flexibility index (Phi) is 23.2.